The van der Waals surface area contributed by atoms with Gasteiger partial charge in [-0.3, -0.25) is 14.9 Å². The molecule has 2 aromatic rings. The number of nitro groups is 1. The van der Waals surface area contributed by atoms with Crippen LogP contribution >= 0.6 is 0 Å². The lowest BCUT2D eigenvalue weighted by Crippen LogP contribution is -2.34. The molecule has 0 unspecified atom stereocenters. The first-order valence-electron chi connectivity index (χ1n) is 8.76. The Morgan fingerprint density at radius 2 is 1.79 bits per heavy atom. The van der Waals surface area contributed by atoms with Crippen LogP contribution in [0.4, 0.5) is 5.69 Å². The normalized spacial score (nSPS) is 10.3. The summed E-state index contributed by atoms with van der Waals surface area (Å²) in [4.78, 5) is 24.8. The first kappa shape index (κ1) is 21.0. The molecule has 0 saturated heterocycles. The molecular formula is C20H24N2O6. The van der Waals surface area contributed by atoms with Gasteiger partial charge >= 0.3 is 5.69 Å². The summed E-state index contributed by atoms with van der Waals surface area (Å²) in [7, 11) is 3.11. The van der Waals surface area contributed by atoms with Crippen LogP contribution in [0.3, 0.4) is 0 Å². The maximum Gasteiger partial charge on any atom is 0.310 e. The third-order valence-electron chi connectivity index (χ3n) is 4.22. The van der Waals surface area contributed by atoms with Gasteiger partial charge in [-0.15, -0.1) is 0 Å². The van der Waals surface area contributed by atoms with E-state index < -0.39 is 4.92 Å². The van der Waals surface area contributed by atoms with E-state index >= 15 is 0 Å². The molecule has 0 saturated carbocycles. The minimum absolute atomic E-state index is 0.0838. The van der Waals surface area contributed by atoms with Crippen molar-refractivity contribution in [2.45, 2.75) is 20.4 Å². The molecule has 0 aliphatic carbocycles. The van der Waals surface area contributed by atoms with Crippen molar-refractivity contribution in [2.75, 3.05) is 27.4 Å². The molecule has 0 bridgehead atoms. The molecule has 0 N–H and O–H groups in total. The average Bonchev–Trinajstić information content (AvgIpc) is 2.69. The Bertz CT molecular complexity index is 853. The van der Waals surface area contributed by atoms with Crippen LogP contribution in [0.15, 0.2) is 36.4 Å². The molecular weight excluding hydrogens is 364 g/mol. The van der Waals surface area contributed by atoms with Gasteiger partial charge in [-0.25, -0.2) is 0 Å². The van der Waals surface area contributed by atoms with Crippen molar-refractivity contribution in [1.29, 1.82) is 0 Å². The highest BCUT2D eigenvalue weighted by atomic mass is 16.6. The number of carbonyl (C=O) groups is 1. The molecule has 8 heteroatoms. The van der Waals surface area contributed by atoms with E-state index in [2.05, 4.69) is 0 Å². The number of benzene rings is 2. The van der Waals surface area contributed by atoms with Gasteiger partial charge in [0.15, 0.2) is 23.9 Å². The number of likely N-dealkylation sites (N-methyl/N-ethyl adjacent to an activating group) is 1. The third-order valence-corrected chi connectivity index (χ3v) is 4.22. The number of nitro benzene ring substituents is 1. The molecule has 0 aliphatic heterocycles. The highest BCUT2D eigenvalue weighted by Crippen LogP contribution is 2.29. The predicted octanol–water partition coefficient (Wildman–Crippen LogP) is 3.35. The lowest BCUT2D eigenvalue weighted by Gasteiger charge is -2.21. The van der Waals surface area contributed by atoms with E-state index in [0.29, 0.717) is 24.6 Å². The molecule has 1 amide bonds. The van der Waals surface area contributed by atoms with Crippen LogP contribution in [-0.2, 0) is 11.3 Å². The maximum atomic E-state index is 12.6. The predicted molar refractivity (Wildman–Crippen MR) is 104 cm³/mol. The fourth-order valence-corrected chi connectivity index (χ4v) is 2.69. The Morgan fingerprint density at radius 1 is 1.07 bits per heavy atom. The summed E-state index contributed by atoms with van der Waals surface area (Å²) in [6, 6.07) is 9.98. The average molecular weight is 388 g/mol. The van der Waals surface area contributed by atoms with Crippen LogP contribution in [0.2, 0.25) is 0 Å². The zero-order valence-corrected chi connectivity index (χ0v) is 16.4. The number of hydrogen-bond acceptors (Lipinski definition) is 6. The Labute approximate surface area is 163 Å². The zero-order chi connectivity index (χ0) is 20.7. The number of ether oxygens (including phenoxy) is 3. The van der Waals surface area contributed by atoms with Gasteiger partial charge in [0, 0.05) is 19.2 Å². The number of amides is 1. The van der Waals surface area contributed by atoms with Crippen LogP contribution in [-0.4, -0.2) is 43.1 Å². The highest BCUT2D eigenvalue weighted by Gasteiger charge is 2.19. The summed E-state index contributed by atoms with van der Waals surface area (Å²) >= 11 is 0. The SMILES string of the molecule is CCN(Cc1ccc(OC)c(OC)c1)C(=O)COc1cc(C)ccc1[N+](=O)[O-]. The van der Waals surface area contributed by atoms with Crippen molar-refractivity contribution >= 4 is 11.6 Å². The molecule has 0 fully saturated rings. The quantitative estimate of drug-likeness (QED) is 0.483. The van der Waals surface area contributed by atoms with Crippen molar-refractivity contribution in [3.05, 3.63) is 57.6 Å². The summed E-state index contributed by atoms with van der Waals surface area (Å²) < 4.78 is 16.0. The second-order valence-corrected chi connectivity index (χ2v) is 6.11. The van der Waals surface area contributed by atoms with Crippen molar-refractivity contribution < 1.29 is 23.9 Å². The third kappa shape index (κ3) is 5.12. The minimum atomic E-state index is -0.527. The van der Waals surface area contributed by atoms with Gasteiger partial charge in [0.05, 0.1) is 19.1 Å². The number of nitrogens with zero attached hydrogens (tertiary/aromatic N) is 2. The van der Waals surface area contributed by atoms with Crippen LogP contribution in [0.1, 0.15) is 18.1 Å². The van der Waals surface area contributed by atoms with E-state index in [1.54, 1.807) is 50.3 Å². The number of aryl methyl sites for hydroxylation is 1. The van der Waals surface area contributed by atoms with Crippen LogP contribution in [0.25, 0.3) is 0 Å². The minimum Gasteiger partial charge on any atom is -0.493 e. The zero-order valence-electron chi connectivity index (χ0n) is 16.4. The number of rotatable bonds is 9. The fourth-order valence-electron chi connectivity index (χ4n) is 2.69. The van der Waals surface area contributed by atoms with Gasteiger partial charge < -0.3 is 19.1 Å². The maximum absolute atomic E-state index is 12.6. The van der Waals surface area contributed by atoms with Gasteiger partial charge in [-0.2, -0.15) is 0 Å². The molecule has 0 radical (unpaired) electrons. The van der Waals surface area contributed by atoms with Crippen molar-refractivity contribution in [3.8, 4) is 17.2 Å². The number of carbonyl (C=O) groups excluding carboxylic acids is 1. The molecule has 8 nitrogen and oxygen atoms in total. The largest absolute Gasteiger partial charge is 0.493 e. The van der Waals surface area contributed by atoms with E-state index in [9.17, 15) is 14.9 Å². The van der Waals surface area contributed by atoms with E-state index in [1.807, 2.05) is 13.0 Å². The van der Waals surface area contributed by atoms with Gasteiger partial charge in [0.2, 0.25) is 0 Å². The van der Waals surface area contributed by atoms with E-state index in [4.69, 9.17) is 14.2 Å². The van der Waals surface area contributed by atoms with E-state index in [0.717, 1.165) is 11.1 Å². The molecule has 0 atom stereocenters. The van der Waals surface area contributed by atoms with Gasteiger partial charge in [-0.1, -0.05) is 12.1 Å². The van der Waals surface area contributed by atoms with Crippen molar-refractivity contribution in [3.63, 3.8) is 0 Å². The molecule has 0 aliphatic rings. The Kier molecular flexibility index (Phi) is 7.20. The Balaban J connectivity index is 2.08. The van der Waals surface area contributed by atoms with Crippen molar-refractivity contribution in [1.82, 2.24) is 4.90 Å². The van der Waals surface area contributed by atoms with Crippen molar-refractivity contribution in [2.24, 2.45) is 0 Å². The van der Waals surface area contributed by atoms with Gasteiger partial charge in [0.1, 0.15) is 0 Å². The van der Waals surface area contributed by atoms with E-state index in [1.165, 1.54) is 6.07 Å². The van der Waals surface area contributed by atoms with Crippen LogP contribution < -0.4 is 14.2 Å². The van der Waals surface area contributed by atoms with Gasteiger partial charge in [0.25, 0.3) is 5.91 Å². The lowest BCUT2D eigenvalue weighted by atomic mass is 10.2. The molecule has 0 spiro atoms. The Morgan fingerprint density at radius 3 is 2.39 bits per heavy atom. The monoisotopic (exact) mass is 388 g/mol. The molecule has 2 rings (SSSR count). The number of hydrogen-bond donors (Lipinski definition) is 0. The van der Waals surface area contributed by atoms with Gasteiger partial charge in [-0.05, 0) is 43.2 Å². The first-order valence-corrected chi connectivity index (χ1v) is 8.76. The number of methoxy groups -OCH3 is 2. The Hall–Kier alpha value is -3.29. The molecule has 0 heterocycles. The molecule has 2 aromatic carbocycles. The molecule has 28 heavy (non-hydrogen) atoms. The summed E-state index contributed by atoms with van der Waals surface area (Å²) in [5.74, 6) is 1.000. The highest BCUT2D eigenvalue weighted by molar-refractivity contribution is 5.78. The van der Waals surface area contributed by atoms with Crippen LogP contribution in [0, 0.1) is 17.0 Å². The second kappa shape index (κ2) is 9.59. The summed E-state index contributed by atoms with van der Waals surface area (Å²) in [6.07, 6.45) is 0. The first-order chi connectivity index (χ1) is 13.4. The standard InChI is InChI=1S/C20H24N2O6/c1-5-21(12-15-7-9-17(26-3)19(11-15)27-4)20(23)13-28-18-10-14(2)6-8-16(18)22(24)25/h6-11H,5,12-13H2,1-4H3. The van der Waals surface area contributed by atoms with E-state index in [-0.39, 0.29) is 24.0 Å². The summed E-state index contributed by atoms with van der Waals surface area (Å²) in [5.41, 5.74) is 1.52. The smallest absolute Gasteiger partial charge is 0.310 e. The lowest BCUT2D eigenvalue weighted by molar-refractivity contribution is -0.385. The topological polar surface area (TPSA) is 91.1 Å². The molecule has 150 valence electrons. The summed E-state index contributed by atoms with van der Waals surface area (Å²) in [6.45, 7) is 4.19. The second-order valence-electron chi connectivity index (χ2n) is 6.11. The summed E-state index contributed by atoms with van der Waals surface area (Å²) in [5, 5.41) is 11.1. The molecule has 0 aromatic heterocycles. The fraction of sp³-hybridized carbons (Fsp3) is 0.350. The van der Waals surface area contributed by atoms with Crippen LogP contribution in [0.5, 0.6) is 17.2 Å².